The number of nitrogens with zero attached hydrogens (tertiary/aromatic N) is 3. The van der Waals surface area contributed by atoms with Crippen molar-refractivity contribution in [1.29, 1.82) is 0 Å². The molecule has 0 spiro atoms. The second kappa shape index (κ2) is 9.10. The van der Waals surface area contributed by atoms with Crippen LogP contribution >= 0.6 is 0 Å². The Bertz CT molecular complexity index is 634. The van der Waals surface area contributed by atoms with Crippen molar-refractivity contribution in [2.24, 2.45) is 5.10 Å². The normalized spacial score (nSPS) is 11.4. The van der Waals surface area contributed by atoms with Crippen LogP contribution in [0.4, 0.5) is 5.95 Å². The summed E-state index contributed by atoms with van der Waals surface area (Å²) < 4.78 is 7.30. The number of unbranched alkanes of at least 4 members (excludes halogenated alkanes) is 3. The first-order chi connectivity index (χ1) is 11.2. The van der Waals surface area contributed by atoms with Gasteiger partial charge in [0.2, 0.25) is 5.95 Å². The summed E-state index contributed by atoms with van der Waals surface area (Å²) >= 11 is 0. The molecule has 5 nitrogen and oxygen atoms in total. The first-order valence-corrected chi connectivity index (χ1v) is 8.21. The predicted molar refractivity (Wildman–Crippen MR) is 94.6 cm³/mol. The minimum absolute atomic E-state index is 0.394. The molecule has 0 amide bonds. The van der Waals surface area contributed by atoms with Crippen LogP contribution in [0.2, 0.25) is 0 Å². The number of aryl methyl sites for hydroxylation is 1. The van der Waals surface area contributed by atoms with Crippen molar-refractivity contribution in [2.45, 2.75) is 46.1 Å². The highest BCUT2D eigenvalue weighted by Crippen LogP contribution is 2.08. The van der Waals surface area contributed by atoms with Crippen molar-refractivity contribution in [3.63, 3.8) is 0 Å². The smallest absolute Gasteiger partial charge is 0.221 e. The lowest BCUT2D eigenvalue weighted by atomic mass is 10.1. The van der Waals surface area contributed by atoms with Gasteiger partial charge in [0.05, 0.1) is 24.7 Å². The molecule has 0 radical (unpaired) electrons. The molecule has 0 fully saturated rings. The largest absolute Gasteiger partial charge is 0.377 e. The molecule has 0 atom stereocenters. The number of benzene rings is 1. The number of rotatable bonds is 9. The summed E-state index contributed by atoms with van der Waals surface area (Å²) in [7, 11) is 0. The minimum atomic E-state index is 0.394. The van der Waals surface area contributed by atoms with Crippen molar-refractivity contribution in [3.8, 4) is 0 Å². The van der Waals surface area contributed by atoms with E-state index in [-0.39, 0.29) is 0 Å². The average Bonchev–Trinajstić information content (AvgIpc) is 2.87. The van der Waals surface area contributed by atoms with Crippen LogP contribution < -0.4 is 5.73 Å². The van der Waals surface area contributed by atoms with Crippen LogP contribution in [0.25, 0.3) is 0 Å². The molecule has 0 unspecified atom stereocenters. The molecule has 1 aromatic heterocycles. The van der Waals surface area contributed by atoms with Crippen LogP contribution in [0, 0.1) is 6.92 Å². The second-order valence-electron chi connectivity index (χ2n) is 5.69. The van der Waals surface area contributed by atoms with Gasteiger partial charge in [-0.2, -0.15) is 5.10 Å². The van der Waals surface area contributed by atoms with E-state index in [1.54, 1.807) is 17.1 Å². The Hall–Kier alpha value is -2.14. The molecule has 0 saturated carbocycles. The maximum atomic E-state index is 5.77. The zero-order valence-electron chi connectivity index (χ0n) is 14.0. The first kappa shape index (κ1) is 17.2. The molecule has 0 aliphatic carbocycles. The van der Waals surface area contributed by atoms with Crippen LogP contribution in [0.15, 0.2) is 35.6 Å². The van der Waals surface area contributed by atoms with Crippen molar-refractivity contribution in [1.82, 2.24) is 9.66 Å². The summed E-state index contributed by atoms with van der Waals surface area (Å²) in [4.78, 5) is 4.12. The Kier molecular flexibility index (Phi) is 6.81. The number of hydrogen-bond donors (Lipinski definition) is 1. The summed E-state index contributed by atoms with van der Waals surface area (Å²) in [6.07, 6.45) is 8.50. The second-order valence-corrected chi connectivity index (χ2v) is 5.69. The third-order valence-corrected chi connectivity index (χ3v) is 3.53. The van der Waals surface area contributed by atoms with Crippen molar-refractivity contribution in [2.75, 3.05) is 12.3 Å². The predicted octanol–water partition coefficient (Wildman–Crippen LogP) is 3.75. The molecule has 0 aliphatic heterocycles. The Labute approximate surface area is 138 Å². The monoisotopic (exact) mass is 314 g/mol. The fourth-order valence-electron chi connectivity index (χ4n) is 2.31. The zero-order valence-corrected chi connectivity index (χ0v) is 14.0. The highest BCUT2D eigenvalue weighted by molar-refractivity contribution is 5.79. The number of imidazole rings is 1. The van der Waals surface area contributed by atoms with Gasteiger partial charge in [-0.1, -0.05) is 44.4 Å². The number of ether oxygens (including phenoxy) is 1. The van der Waals surface area contributed by atoms with Gasteiger partial charge in [-0.05, 0) is 30.5 Å². The molecule has 124 valence electrons. The Morgan fingerprint density at radius 2 is 2.17 bits per heavy atom. The summed E-state index contributed by atoms with van der Waals surface area (Å²) in [5, 5.41) is 4.33. The van der Waals surface area contributed by atoms with Gasteiger partial charge in [0.1, 0.15) is 0 Å². The van der Waals surface area contributed by atoms with E-state index in [4.69, 9.17) is 10.5 Å². The first-order valence-electron chi connectivity index (χ1n) is 8.21. The van der Waals surface area contributed by atoms with Crippen LogP contribution in [0.3, 0.4) is 0 Å². The van der Waals surface area contributed by atoms with Crippen molar-refractivity contribution < 1.29 is 4.74 Å². The molecule has 2 rings (SSSR count). The molecule has 0 saturated heterocycles. The van der Waals surface area contributed by atoms with Gasteiger partial charge in [0.25, 0.3) is 0 Å². The average molecular weight is 314 g/mol. The lowest BCUT2D eigenvalue weighted by Gasteiger charge is -2.05. The van der Waals surface area contributed by atoms with Gasteiger partial charge in [0, 0.05) is 6.61 Å². The molecule has 1 heterocycles. The lowest BCUT2D eigenvalue weighted by Crippen LogP contribution is -1.98. The Morgan fingerprint density at radius 1 is 1.30 bits per heavy atom. The molecular formula is C18H26N4O. The molecule has 5 heteroatoms. The van der Waals surface area contributed by atoms with Crippen LogP contribution in [0.5, 0.6) is 0 Å². The fraction of sp³-hybridized carbons (Fsp3) is 0.444. The highest BCUT2D eigenvalue weighted by Gasteiger charge is 1.99. The maximum absolute atomic E-state index is 5.77. The van der Waals surface area contributed by atoms with E-state index < -0.39 is 0 Å². The standard InChI is InChI=1S/C18H26N4O/c1-3-4-5-6-10-23-14-17-9-7-8-16(11-17)12-20-22-13-15(2)21-18(22)19/h7-9,11-13H,3-6,10,14H2,1-2H3,(H2,19,21). The summed E-state index contributed by atoms with van der Waals surface area (Å²) in [6.45, 7) is 5.57. The van der Waals surface area contributed by atoms with E-state index in [0.29, 0.717) is 12.6 Å². The highest BCUT2D eigenvalue weighted by atomic mass is 16.5. The summed E-state index contributed by atoms with van der Waals surface area (Å²) in [5.74, 6) is 0.394. The van der Waals surface area contributed by atoms with Crippen LogP contribution in [-0.4, -0.2) is 22.5 Å². The number of hydrogen-bond acceptors (Lipinski definition) is 4. The van der Waals surface area contributed by atoms with Gasteiger partial charge < -0.3 is 10.5 Å². The van der Waals surface area contributed by atoms with E-state index in [0.717, 1.165) is 29.8 Å². The lowest BCUT2D eigenvalue weighted by molar-refractivity contribution is 0.117. The Balaban J connectivity index is 1.86. The molecule has 0 bridgehead atoms. The quantitative estimate of drug-likeness (QED) is 0.566. The van der Waals surface area contributed by atoms with Gasteiger partial charge in [-0.3, -0.25) is 0 Å². The summed E-state index contributed by atoms with van der Waals surface area (Å²) in [5.41, 5.74) is 8.79. The van der Waals surface area contributed by atoms with E-state index >= 15 is 0 Å². The van der Waals surface area contributed by atoms with Gasteiger partial charge in [-0.15, -0.1) is 0 Å². The number of anilines is 1. The molecule has 1 aromatic carbocycles. The van der Waals surface area contributed by atoms with E-state index in [9.17, 15) is 0 Å². The van der Waals surface area contributed by atoms with Crippen molar-refractivity contribution in [3.05, 3.63) is 47.3 Å². The molecule has 0 aliphatic rings. The van der Waals surface area contributed by atoms with Crippen LogP contribution in [0.1, 0.15) is 49.4 Å². The van der Waals surface area contributed by atoms with Gasteiger partial charge in [0.15, 0.2) is 0 Å². The van der Waals surface area contributed by atoms with Crippen LogP contribution in [-0.2, 0) is 11.3 Å². The minimum Gasteiger partial charge on any atom is -0.377 e. The van der Waals surface area contributed by atoms with E-state index in [1.165, 1.54) is 19.3 Å². The van der Waals surface area contributed by atoms with Gasteiger partial charge >= 0.3 is 0 Å². The molecule has 2 aromatic rings. The maximum Gasteiger partial charge on any atom is 0.221 e. The third-order valence-electron chi connectivity index (χ3n) is 3.53. The van der Waals surface area contributed by atoms with Crippen molar-refractivity contribution >= 4 is 12.2 Å². The molecule has 23 heavy (non-hydrogen) atoms. The zero-order chi connectivity index (χ0) is 16.5. The SMILES string of the molecule is CCCCCCOCc1cccc(C=Nn2cc(C)nc2N)c1. The fourth-order valence-corrected chi connectivity index (χ4v) is 2.31. The van der Waals surface area contributed by atoms with E-state index in [2.05, 4.69) is 29.1 Å². The van der Waals surface area contributed by atoms with E-state index in [1.807, 2.05) is 19.1 Å². The Morgan fingerprint density at radius 3 is 2.91 bits per heavy atom. The third kappa shape index (κ3) is 5.87. The summed E-state index contributed by atoms with van der Waals surface area (Å²) in [6, 6.07) is 8.17. The number of nitrogens with two attached hydrogens (primary N) is 1. The number of aromatic nitrogens is 2. The number of nitrogen functional groups attached to an aromatic ring is 1. The molecular weight excluding hydrogens is 288 g/mol. The molecule has 2 N–H and O–H groups in total. The topological polar surface area (TPSA) is 65.4 Å². The van der Waals surface area contributed by atoms with Gasteiger partial charge in [-0.25, -0.2) is 9.66 Å².